The highest BCUT2D eigenvalue weighted by molar-refractivity contribution is 7.46. The van der Waals surface area contributed by atoms with Crippen LogP contribution in [0.25, 0.3) is 0 Å². The Morgan fingerprint density at radius 2 is 1.86 bits per heavy atom. The lowest BCUT2D eigenvalue weighted by Crippen LogP contribution is -2.35. The first kappa shape index (κ1) is 21.8. The first-order chi connectivity index (χ1) is 13.6. The monoisotopic (exact) mass is 467 g/mol. The van der Waals surface area contributed by atoms with Gasteiger partial charge in [0, 0.05) is 22.2 Å². The molecule has 0 unspecified atom stereocenters. The van der Waals surface area contributed by atoms with Gasteiger partial charge in [0.25, 0.3) is 0 Å². The Morgan fingerprint density at radius 3 is 2.41 bits per heavy atom. The van der Waals surface area contributed by atoms with E-state index in [2.05, 4.69) is 9.26 Å². The fourth-order valence-corrected chi connectivity index (χ4v) is 4.29. The molecule has 0 bridgehead atoms. The van der Waals surface area contributed by atoms with Gasteiger partial charge in [-0.1, -0.05) is 29.3 Å². The van der Waals surface area contributed by atoms with Crippen molar-refractivity contribution in [1.29, 1.82) is 0 Å². The molecule has 3 rings (SSSR count). The van der Waals surface area contributed by atoms with E-state index in [0.29, 0.717) is 27.6 Å². The number of rotatable bonds is 6. The molecule has 1 atom stereocenters. The van der Waals surface area contributed by atoms with Gasteiger partial charge < -0.3 is 14.2 Å². The number of hydrogen-bond donors (Lipinski definition) is 2. The molecular weight excluding hydrogens is 454 g/mol. The van der Waals surface area contributed by atoms with E-state index in [1.807, 2.05) is 0 Å². The van der Waals surface area contributed by atoms with Gasteiger partial charge in [-0.2, -0.15) is 8.78 Å². The third kappa shape index (κ3) is 4.99. The van der Waals surface area contributed by atoms with Crippen molar-refractivity contribution in [3.63, 3.8) is 0 Å². The summed E-state index contributed by atoms with van der Waals surface area (Å²) >= 11 is 12.1. The predicted octanol–water partition coefficient (Wildman–Crippen LogP) is 4.17. The third-order valence-corrected chi connectivity index (χ3v) is 5.13. The van der Waals surface area contributed by atoms with Crippen molar-refractivity contribution < 1.29 is 37.2 Å². The first-order valence-electron chi connectivity index (χ1n) is 8.12. The summed E-state index contributed by atoms with van der Waals surface area (Å²) in [6.45, 7) is -3.11. The minimum absolute atomic E-state index is 0.0919. The van der Waals surface area contributed by atoms with E-state index in [1.54, 1.807) is 12.1 Å². The number of carbonyl (C=O) groups is 1. The summed E-state index contributed by atoms with van der Waals surface area (Å²) in [4.78, 5) is 31.5. The summed E-state index contributed by atoms with van der Waals surface area (Å²) in [5.41, 5.74) is 1.16. The second kappa shape index (κ2) is 8.45. The predicted molar refractivity (Wildman–Crippen MR) is 101 cm³/mol. The van der Waals surface area contributed by atoms with E-state index in [-0.39, 0.29) is 18.5 Å². The highest BCUT2D eigenvalue weighted by Gasteiger charge is 2.34. The van der Waals surface area contributed by atoms with Crippen LogP contribution in [-0.2, 0) is 15.8 Å². The Balaban J connectivity index is 2.21. The molecule has 1 aliphatic rings. The van der Waals surface area contributed by atoms with Crippen LogP contribution in [0.5, 0.6) is 11.5 Å². The molecule has 29 heavy (non-hydrogen) atoms. The number of halogens is 4. The molecule has 7 nitrogen and oxygen atoms in total. The van der Waals surface area contributed by atoms with Crippen LogP contribution in [0.4, 0.5) is 8.78 Å². The molecule has 0 fully saturated rings. The molecule has 0 saturated carbocycles. The minimum atomic E-state index is -5.08. The number of phosphoric acid groups is 1. The molecule has 1 amide bonds. The fourth-order valence-electron chi connectivity index (χ4n) is 3.31. The second-order valence-electron chi connectivity index (χ2n) is 6.12. The third-order valence-electron chi connectivity index (χ3n) is 4.27. The van der Waals surface area contributed by atoms with Gasteiger partial charge in [0.15, 0.2) is 11.5 Å². The van der Waals surface area contributed by atoms with E-state index >= 15 is 0 Å². The van der Waals surface area contributed by atoms with Crippen LogP contribution in [0.1, 0.15) is 22.7 Å². The Hall–Kier alpha value is -1.90. The number of ether oxygens (including phenoxy) is 1. The molecule has 2 aromatic rings. The zero-order valence-corrected chi connectivity index (χ0v) is 16.9. The summed E-state index contributed by atoms with van der Waals surface area (Å²) < 4.78 is 46.0. The number of benzene rings is 2. The van der Waals surface area contributed by atoms with Crippen LogP contribution >= 0.6 is 31.0 Å². The molecular formula is C17H14Cl2F2NO6P. The molecule has 2 aromatic carbocycles. The molecule has 1 aliphatic heterocycles. The average molecular weight is 468 g/mol. The van der Waals surface area contributed by atoms with Crippen LogP contribution in [-0.4, -0.2) is 34.3 Å². The van der Waals surface area contributed by atoms with E-state index in [1.165, 1.54) is 17.0 Å². The fraction of sp³-hybridized carbons (Fsp3) is 0.235. The Morgan fingerprint density at radius 1 is 1.21 bits per heavy atom. The number of hydrogen-bond acceptors (Lipinski definition) is 4. The topological polar surface area (TPSA) is 96.3 Å². The van der Waals surface area contributed by atoms with E-state index in [9.17, 15) is 27.9 Å². The van der Waals surface area contributed by atoms with Crippen LogP contribution in [0.15, 0.2) is 30.3 Å². The van der Waals surface area contributed by atoms with Crippen molar-refractivity contribution in [3.05, 3.63) is 57.1 Å². The molecule has 0 radical (unpaired) electrons. The maximum Gasteiger partial charge on any atom is 0.524 e. The van der Waals surface area contributed by atoms with Crippen molar-refractivity contribution in [2.75, 3.05) is 6.54 Å². The van der Waals surface area contributed by atoms with Crippen molar-refractivity contribution in [1.82, 2.24) is 4.90 Å². The van der Waals surface area contributed by atoms with Crippen LogP contribution in [0.3, 0.4) is 0 Å². The number of fused-ring (bicyclic) bond motifs is 1. The highest BCUT2D eigenvalue weighted by Crippen LogP contribution is 2.49. The van der Waals surface area contributed by atoms with Gasteiger partial charge in [-0.25, -0.2) is 4.57 Å². The van der Waals surface area contributed by atoms with Crippen molar-refractivity contribution >= 4 is 37.4 Å². The number of nitrogens with zero attached hydrogens (tertiary/aromatic N) is 1. The molecule has 12 heteroatoms. The Kier molecular flexibility index (Phi) is 6.36. The van der Waals surface area contributed by atoms with Gasteiger partial charge >= 0.3 is 14.4 Å². The van der Waals surface area contributed by atoms with E-state index < -0.39 is 32.0 Å². The van der Waals surface area contributed by atoms with Crippen molar-refractivity contribution in [2.45, 2.75) is 19.1 Å². The van der Waals surface area contributed by atoms with Crippen molar-refractivity contribution in [3.8, 4) is 11.5 Å². The Bertz CT molecular complexity index is 966. The summed E-state index contributed by atoms with van der Waals surface area (Å²) in [6.07, 6.45) is 0.699. The van der Waals surface area contributed by atoms with Crippen LogP contribution in [0.2, 0.25) is 10.0 Å². The van der Waals surface area contributed by atoms with Crippen LogP contribution in [0, 0.1) is 0 Å². The second-order valence-corrected chi connectivity index (χ2v) is 8.16. The summed E-state index contributed by atoms with van der Waals surface area (Å²) in [7, 11) is -5.08. The minimum Gasteiger partial charge on any atom is -0.431 e. The molecule has 0 saturated heterocycles. The largest absolute Gasteiger partial charge is 0.524 e. The van der Waals surface area contributed by atoms with Gasteiger partial charge in [-0.3, -0.25) is 14.6 Å². The van der Waals surface area contributed by atoms with Gasteiger partial charge in [0.05, 0.1) is 6.04 Å². The van der Waals surface area contributed by atoms with Gasteiger partial charge in [0.1, 0.15) is 0 Å². The molecule has 1 heterocycles. The number of amides is 1. The zero-order valence-electron chi connectivity index (χ0n) is 14.5. The molecule has 2 N–H and O–H groups in total. The molecule has 0 aromatic heterocycles. The van der Waals surface area contributed by atoms with Gasteiger partial charge in [-0.05, 0) is 41.8 Å². The molecule has 0 aliphatic carbocycles. The summed E-state index contributed by atoms with van der Waals surface area (Å²) in [5, 5.41) is 0.629. The summed E-state index contributed by atoms with van der Waals surface area (Å²) in [6, 6.07) is 6.46. The highest BCUT2D eigenvalue weighted by atomic mass is 35.5. The lowest BCUT2D eigenvalue weighted by Gasteiger charge is -2.36. The average Bonchev–Trinajstić information content (AvgIpc) is 2.60. The summed E-state index contributed by atoms with van der Waals surface area (Å²) in [5.74, 6) is -1.02. The Labute approximate surface area is 174 Å². The molecule has 156 valence electrons. The number of carbonyl (C=O) groups excluding carboxylic acids is 1. The van der Waals surface area contributed by atoms with Gasteiger partial charge in [0.2, 0.25) is 6.41 Å². The number of alkyl halides is 2. The van der Waals surface area contributed by atoms with Crippen LogP contribution < -0.4 is 9.26 Å². The molecule has 0 spiro atoms. The quantitative estimate of drug-likeness (QED) is 0.488. The van der Waals surface area contributed by atoms with Gasteiger partial charge in [-0.15, -0.1) is 0 Å². The normalized spacial score (nSPS) is 16.5. The van der Waals surface area contributed by atoms with Crippen molar-refractivity contribution in [2.24, 2.45) is 0 Å². The van der Waals surface area contributed by atoms with E-state index in [0.717, 1.165) is 6.07 Å². The maximum atomic E-state index is 12.8. The maximum absolute atomic E-state index is 12.8. The lowest BCUT2D eigenvalue weighted by molar-refractivity contribution is -0.120. The zero-order chi connectivity index (χ0) is 21.3. The smallest absolute Gasteiger partial charge is 0.431 e. The lowest BCUT2D eigenvalue weighted by atomic mass is 9.87. The van der Waals surface area contributed by atoms with E-state index in [4.69, 9.17) is 23.2 Å². The number of phosphoric ester groups is 1. The SMILES string of the molecule is O=CN1CCc2c(ccc(OC(F)F)c2OP(=O)(O)O)[C@H]1c1cc(Cl)cc(Cl)c1. The first-order valence-corrected chi connectivity index (χ1v) is 10.4. The standard InChI is InChI=1S/C17H14Cl2F2NO6P/c18-10-5-9(6-11(19)7-10)15-12-1-2-14(27-17(20)21)16(28-29(24,25)26)13(12)3-4-22(15)8-23/h1-2,5-8,15,17H,3-4H2,(H2,24,25,26)/t15-/m1/s1.